The molecule has 4 rings (SSSR count). The second kappa shape index (κ2) is 9.51. The molecule has 2 aromatic heterocycles. The van der Waals surface area contributed by atoms with Crippen molar-refractivity contribution in [1.29, 1.82) is 0 Å². The molecule has 0 radical (unpaired) electrons. The normalized spacial score (nSPS) is 20.1. The predicted molar refractivity (Wildman–Crippen MR) is 121 cm³/mol. The summed E-state index contributed by atoms with van der Waals surface area (Å²) in [4.78, 5) is 35.6. The fraction of sp³-hybridized carbons (Fsp3) is 0.652. The van der Waals surface area contributed by atoms with Gasteiger partial charge >= 0.3 is 0 Å². The van der Waals surface area contributed by atoms with Gasteiger partial charge in [0.15, 0.2) is 0 Å². The number of hydrogen-bond acceptors (Lipinski definition) is 5. The van der Waals surface area contributed by atoms with E-state index in [9.17, 15) is 9.59 Å². The molecule has 1 aliphatic carbocycles. The third-order valence-electron chi connectivity index (χ3n) is 6.84. The van der Waals surface area contributed by atoms with E-state index in [2.05, 4.69) is 15.2 Å². The summed E-state index contributed by atoms with van der Waals surface area (Å²) in [6.45, 7) is 5.34. The van der Waals surface area contributed by atoms with Gasteiger partial charge in [-0.2, -0.15) is 5.10 Å². The van der Waals surface area contributed by atoms with Gasteiger partial charge in [-0.3, -0.25) is 14.7 Å². The Labute approximate surface area is 188 Å². The van der Waals surface area contributed by atoms with Gasteiger partial charge in [0, 0.05) is 37.0 Å². The summed E-state index contributed by atoms with van der Waals surface area (Å²) in [5.41, 5.74) is 2.51. The molecule has 8 heteroatoms. The minimum atomic E-state index is 0.0508. The van der Waals surface area contributed by atoms with Gasteiger partial charge < -0.3 is 9.80 Å². The highest BCUT2D eigenvalue weighted by atomic mass is 32.1. The smallest absolute Gasteiger partial charge is 0.257 e. The van der Waals surface area contributed by atoms with Gasteiger partial charge in [-0.15, -0.1) is 11.3 Å². The SMILES string of the molecule is Cc1nc(C)c(CC(=O)N2CCC[C@@H](c3[nH]ncc3C(=O)N(C)C3CCCCC3)C2)s1. The van der Waals surface area contributed by atoms with Gasteiger partial charge in [-0.25, -0.2) is 4.98 Å². The minimum Gasteiger partial charge on any atom is -0.342 e. The van der Waals surface area contributed by atoms with Crippen molar-refractivity contribution in [2.24, 2.45) is 0 Å². The first-order valence-corrected chi connectivity index (χ1v) is 12.3. The van der Waals surface area contributed by atoms with Gasteiger partial charge in [-0.05, 0) is 39.5 Å². The minimum absolute atomic E-state index is 0.0508. The van der Waals surface area contributed by atoms with Crippen LogP contribution in [0.4, 0.5) is 0 Å². The number of carbonyl (C=O) groups excluding carboxylic acids is 2. The third-order valence-corrected chi connectivity index (χ3v) is 7.91. The second-order valence-electron chi connectivity index (χ2n) is 9.00. The fourth-order valence-corrected chi connectivity index (χ4v) is 5.96. The van der Waals surface area contributed by atoms with E-state index in [1.165, 1.54) is 19.3 Å². The zero-order valence-corrected chi connectivity index (χ0v) is 19.6. The van der Waals surface area contributed by atoms with E-state index >= 15 is 0 Å². The van der Waals surface area contributed by atoms with Gasteiger partial charge in [0.05, 0.1) is 34.6 Å². The lowest BCUT2D eigenvalue weighted by atomic mass is 9.91. The third kappa shape index (κ3) is 4.84. The van der Waals surface area contributed by atoms with Crippen molar-refractivity contribution in [1.82, 2.24) is 25.0 Å². The Balaban J connectivity index is 1.44. The number of nitrogens with one attached hydrogen (secondary N) is 1. The van der Waals surface area contributed by atoms with Crippen LogP contribution in [0, 0.1) is 13.8 Å². The number of aromatic nitrogens is 3. The number of thiazole rings is 1. The predicted octanol–water partition coefficient (Wildman–Crippen LogP) is 3.84. The topological polar surface area (TPSA) is 82.2 Å². The average molecular weight is 444 g/mol. The number of carbonyl (C=O) groups is 2. The maximum Gasteiger partial charge on any atom is 0.257 e. The van der Waals surface area contributed by atoms with Crippen molar-refractivity contribution in [3.8, 4) is 0 Å². The quantitative estimate of drug-likeness (QED) is 0.761. The monoisotopic (exact) mass is 443 g/mol. The first kappa shape index (κ1) is 22.0. The van der Waals surface area contributed by atoms with Crippen molar-refractivity contribution in [3.05, 3.63) is 33.0 Å². The largest absolute Gasteiger partial charge is 0.342 e. The average Bonchev–Trinajstić information content (AvgIpc) is 3.39. The van der Waals surface area contributed by atoms with Crippen molar-refractivity contribution >= 4 is 23.2 Å². The molecule has 1 aliphatic heterocycles. The van der Waals surface area contributed by atoms with Crippen LogP contribution in [-0.4, -0.2) is 63.0 Å². The molecule has 1 saturated carbocycles. The Morgan fingerprint density at radius 3 is 2.68 bits per heavy atom. The molecule has 1 atom stereocenters. The molecule has 0 bridgehead atoms. The molecular weight excluding hydrogens is 410 g/mol. The lowest BCUT2D eigenvalue weighted by Crippen LogP contribution is -2.41. The number of rotatable bonds is 5. The number of H-pyrrole nitrogens is 1. The Morgan fingerprint density at radius 1 is 1.19 bits per heavy atom. The number of hydrogen-bond donors (Lipinski definition) is 1. The van der Waals surface area contributed by atoms with E-state index in [-0.39, 0.29) is 17.7 Å². The molecule has 1 N–H and O–H groups in total. The molecule has 2 aromatic rings. The van der Waals surface area contributed by atoms with Crippen LogP contribution in [0.3, 0.4) is 0 Å². The first-order valence-electron chi connectivity index (χ1n) is 11.4. The molecule has 2 fully saturated rings. The van der Waals surface area contributed by atoms with Crippen molar-refractivity contribution in [2.45, 2.75) is 77.2 Å². The number of likely N-dealkylation sites (tertiary alicyclic amines) is 1. The number of nitrogens with zero attached hydrogens (tertiary/aromatic N) is 4. The Morgan fingerprint density at radius 2 is 1.97 bits per heavy atom. The molecule has 0 aromatic carbocycles. The number of amides is 2. The highest BCUT2D eigenvalue weighted by Gasteiger charge is 2.31. The van der Waals surface area contributed by atoms with E-state index in [0.717, 1.165) is 53.5 Å². The summed E-state index contributed by atoms with van der Waals surface area (Å²) in [5, 5.41) is 8.31. The molecule has 3 heterocycles. The highest BCUT2D eigenvalue weighted by Crippen LogP contribution is 2.30. The maximum atomic E-state index is 13.2. The molecule has 2 amide bonds. The second-order valence-corrected chi connectivity index (χ2v) is 10.3. The lowest BCUT2D eigenvalue weighted by molar-refractivity contribution is -0.131. The van der Waals surface area contributed by atoms with Crippen molar-refractivity contribution < 1.29 is 9.59 Å². The number of aryl methyl sites for hydroxylation is 2. The Bertz CT molecular complexity index is 930. The Kier molecular flexibility index (Phi) is 6.74. The summed E-state index contributed by atoms with van der Waals surface area (Å²) in [6.07, 6.45) is 9.78. The summed E-state index contributed by atoms with van der Waals surface area (Å²) < 4.78 is 0. The van der Waals surface area contributed by atoms with Crippen molar-refractivity contribution in [2.75, 3.05) is 20.1 Å². The zero-order chi connectivity index (χ0) is 22.0. The van der Waals surface area contributed by atoms with Crippen LogP contribution in [0.1, 0.15) is 82.5 Å². The Hall–Kier alpha value is -2.22. The molecule has 1 saturated heterocycles. The molecule has 0 unspecified atom stereocenters. The van der Waals surface area contributed by atoms with Crippen molar-refractivity contribution in [3.63, 3.8) is 0 Å². The van der Waals surface area contributed by atoms with E-state index in [1.807, 2.05) is 30.7 Å². The zero-order valence-electron chi connectivity index (χ0n) is 18.8. The van der Waals surface area contributed by atoms with E-state index < -0.39 is 0 Å². The van der Waals surface area contributed by atoms with Crippen LogP contribution in [0.15, 0.2) is 6.20 Å². The fourth-order valence-electron chi connectivity index (χ4n) is 5.03. The van der Waals surface area contributed by atoms with Crippen LogP contribution >= 0.6 is 11.3 Å². The summed E-state index contributed by atoms with van der Waals surface area (Å²) in [6, 6.07) is 0.319. The van der Waals surface area contributed by atoms with Crippen LogP contribution in [0.5, 0.6) is 0 Å². The number of aromatic amines is 1. The van der Waals surface area contributed by atoms with Crippen LogP contribution in [-0.2, 0) is 11.2 Å². The van der Waals surface area contributed by atoms with E-state index in [4.69, 9.17) is 0 Å². The van der Waals surface area contributed by atoms with Gasteiger partial charge in [-0.1, -0.05) is 19.3 Å². The van der Waals surface area contributed by atoms with Crippen LogP contribution in [0.2, 0.25) is 0 Å². The highest BCUT2D eigenvalue weighted by molar-refractivity contribution is 7.11. The molecule has 168 valence electrons. The van der Waals surface area contributed by atoms with E-state index in [1.54, 1.807) is 17.5 Å². The standard InChI is InChI=1S/C23H33N5O2S/c1-15-20(31-16(2)25-15)12-21(29)28-11-7-8-17(14-28)22-19(13-24-26-22)23(30)27(3)18-9-5-4-6-10-18/h13,17-18H,4-12,14H2,1-3H3,(H,24,26)/t17-/m1/s1. The number of piperidine rings is 1. The van der Waals surface area contributed by atoms with Crippen LogP contribution in [0.25, 0.3) is 0 Å². The van der Waals surface area contributed by atoms with Gasteiger partial charge in [0.25, 0.3) is 5.91 Å². The summed E-state index contributed by atoms with van der Waals surface area (Å²) in [7, 11) is 1.92. The molecule has 31 heavy (non-hydrogen) atoms. The summed E-state index contributed by atoms with van der Waals surface area (Å²) >= 11 is 1.60. The molecule has 2 aliphatic rings. The summed E-state index contributed by atoms with van der Waals surface area (Å²) in [5.74, 6) is 0.307. The molecular formula is C23H33N5O2S. The first-order chi connectivity index (χ1) is 14.9. The lowest BCUT2D eigenvalue weighted by Gasteiger charge is -2.34. The van der Waals surface area contributed by atoms with Gasteiger partial charge in [0.1, 0.15) is 0 Å². The van der Waals surface area contributed by atoms with Crippen LogP contribution < -0.4 is 0 Å². The molecule has 0 spiro atoms. The van der Waals surface area contributed by atoms with E-state index in [0.29, 0.717) is 24.6 Å². The maximum absolute atomic E-state index is 13.2. The van der Waals surface area contributed by atoms with Gasteiger partial charge in [0.2, 0.25) is 5.91 Å². The molecule has 7 nitrogen and oxygen atoms in total.